The van der Waals surface area contributed by atoms with Crippen molar-refractivity contribution in [3.05, 3.63) is 0 Å². The Balaban J connectivity index is 3.60. The molecule has 1 unspecified atom stereocenters. The van der Waals surface area contributed by atoms with E-state index in [1.165, 1.54) is 6.92 Å². The highest BCUT2D eigenvalue weighted by atomic mass is 16.6. The van der Waals surface area contributed by atoms with Gasteiger partial charge in [-0.1, -0.05) is 51.4 Å². The number of rotatable bonds is 40. The van der Waals surface area contributed by atoms with E-state index in [9.17, 15) is 33.9 Å². The third-order valence-corrected chi connectivity index (χ3v) is 7.50. The second-order valence-electron chi connectivity index (χ2n) is 12.4. The zero-order valence-electron chi connectivity index (χ0n) is 31.7. The zero-order valence-corrected chi connectivity index (χ0v) is 31.7. The van der Waals surface area contributed by atoms with Crippen molar-refractivity contribution in [2.24, 2.45) is 0 Å². The number of unbranched alkanes of at least 4 members (excludes halogenated alkanes) is 9. The van der Waals surface area contributed by atoms with E-state index in [1.807, 2.05) is 0 Å². The highest BCUT2D eigenvalue weighted by Crippen LogP contribution is 2.12. The second-order valence-corrected chi connectivity index (χ2v) is 12.4. The Bertz CT molecular complexity index is 985. The molecule has 3 amide bonds. The molecule has 0 aliphatic carbocycles. The number of carboxylic acid groups (broad SMARTS) is 2. The van der Waals surface area contributed by atoms with Gasteiger partial charge < -0.3 is 54.6 Å². The molecule has 53 heavy (non-hydrogen) atoms. The number of hydrogen-bond donors (Lipinski definition) is 5. The largest absolute Gasteiger partial charge is 0.481 e. The van der Waals surface area contributed by atoms with Gasteiger partial charge in [0.2, 0.25) is 17.7 Å². The van der Waals surface area contributed by atoms with Gasteiger partial charge in [0, 0.05) is 32.4 Å². The van der Waals surface area contributed by atoms with Crippen LogP contribution in [0.25, 0.3) is 0 Å². The predicted molar refractivity (Wildman–Crippen MR) is 193 cm³/mol. The Morgan fingerprint density at radius 2 is 0.887 bits per heavy atom. The Hall–Kier alpha value is -3.22. The minimum absolute atomic E-state index is 0.0191. The lowest BCUT2D eigenvalue weighted by molar-refractivity contribution is -0.142. The number of carbonyl (C=O) groups is 6. The van der Waals surface area contributed by atoms with Crippen LogP contribution in [0.1, 0.15) is 96.8 Å². The average molecular weight is 764 g/mol. The topological polar surface area (TPSA) is 234 Å². The van der Waals surface area contributed by atoms with Gasteiger partial charge in [0.15, 0.2) is 5.78 Å². The lowest BCUT2D eigenvalue weighted by Crippen LogP contribution is -2.41. The normalized spacial score (nSPS) is 11.6. The number of aliphatic carboxylic acids is 2. The van der Waals surface area contributed by atoms with Crippen LogP contribution in [-0.2, 0) is 57.2 Å². The van der Waals surface area contributed by atoms with E-state index in [0.717, 1.165) is 57.8 Å². The van der Waals surface area contributed by atoms with Gasteiger partial charge in [-0.2, -0.15) is 0 Å². The van der Waals surface area contributed by atoms with Gasteiger partial charge in [-0.15, -0.1) is 0 Å². The number of nitrogens with one attached hydrogen (secondary N) is 3. The first-order valence-corrected chi connectivity index (χ1v) is 18.8. The summed E-state index contributed by atoms with van der Waals surface area (Å²) in [7, 11) is 0. The van der Waals surface area contributed by atoms with Crippen LogP contribution in [0.5, 0.6) is 0 Å². The number of carboxylic acids is 2. The smallest absolute Gasteiger partial charge is 0.326 e. The lowest BCUT2D eigenvalue weighted by Gasteiger charge is -2.14. The highest BCUT2D eigenvalue weighted by molar-refractivity contribution is 5.84. The van der Waals surface area contributed by atoms with Crippen molar-refractivity contribution in [2.75, 3.05) is 92.4 Å². The number of ether oxygens (including phenoxy) is 6. The van der Waals surface area contributed by atoms with Crippen LogP contribution in [0, 0.1) is 0 Å². The molecule has 0 bridgehead atoms. The molecular weight excluding hydrogens is 698 g/mol. The molecule has 17 nitrogen and oxygen atoms in total. The molecular formula is C36H65N3O14. The number of ketones is 1. The average Bonchev–Trinajstić information content (AvgIpc) is 3.11. The maximum absolute atomic E-state index is 12.2. The van der Waals surface area contributed by atoms with Crippen LogP contribution in [0.3, 0.4) is 0 Å². The van der Waals surface area contributed by atoms with E-state index in [0.29, 0.717) is 59.2 Å². The fourth-order valence-corrected chi connectivity index (χ4v) is 4.70. The maximum atomic E-state index is 12.2. The summed E-state index contributed by atoms with van der Waals surface area (Å²) in [5, 5.41) is 25.9. The summed E-state index contributed by atoms with van der Waals surface area (Å²) in [6.45, 7) is 5.15. The van der Waals surface area contributed by atoms with E-state index in [-0.39, 0.29) is 88.8 Å². The van der Waals surface area contributed by atoms with Gasteiger partial charge in [0.25, 0.3) is 0 Å². The van der Waals surface area contributed by atoms with Crippen molar-refractivity contribution >= 4 is 35.4 Å². The van der Waals surface area contributed by atoms with Gasteiger partial charge in [0.05, 0.1) is 66.1 Å². The van der Waals surface area contributed by atoms with Gasteiger partial charge in [0.1, 0.15) is 19.3 Å². The van der Waals surface area contributed by atoms with Crippen LogP contribution in [0.2, 0.25) is 0 Å². The molecule has 0 aromatic carbocycles. The van der Waals surface area contributed by atoms with E-state index in [1.54, 1.807) is 0 Å². The second kappa shape index (κ2) is 37.1. The summed E-state index contributed by atoms with van der Waals surface area (Å²) in [5.74, 6) is -2.91. The Morgan fingerprint density at radius 3 is 1.36 bits per heavy atom. The third-order valence-electron chi connectivity index (χ3n) is 7.50. The molecule has 0 aromatic rings. The molecule has 308 valence electrons. The lowest BCUT2D eigenvalue weighted by atomic mass is 10.0. The first-order chi connectivity index (χ1) is 25.6. The first-order valence-electron chi connectivity index (χ1n) is 18.8. The van der Waals surface area contributed by atoms with E-state index < -0.39 is 18.0 Å². The molecule has 5 N–H and O–H groups in total. The summed E-state index contributed by atoms with van der Waals surface area (Å²) in [6.07, 6.45) is 10.1. The molecule has 0 aliphatic heterocycles. The number of hydrogen-bond acceptors (Lipinski definition) is 12. The van der Waals surface area contributed by atoms with Crippen molar-refractivity contribution in [1.82, 2.24) is 16.0 Å². The third kappa shape index (κ3) is 38.3. The van der Waals surface area contributed by atoms with Gasteiger partial charge in [-0.25, -0.2) is 4.79 Å². The highest BCUT2D eigenvalue weighted by Gasteiger charge is 2.20. The van der Waals surface area contributed by atoms with Crippen molar-refractivity contribution in [2.45, 2.75) is 103 Å². The first kappa shape index (κ1) is 49.8. The molecule has 1 atom stereocenters. The summed E-state index contributed by atoms with van der Waals surface area (Å²) >= 11 is 0. The molecule has 0 aromatic heterocycles. The van der Waals surface area contributed by atoms with Crippen LogP contribution in [0.15, 0.2) is 0 Å². The van der Waals surface area contributed by atoms with Crippen LogP contribution in [-0.4, -0.2) is 144 Å². The minimum Gasteiger partial charge on any atom is -0.481 e. The summed E-state index contributed by atoms with van der Waals surface area (Å²) in [5.41, 5.74) is 0. The van der Waals surface area contributed by atoms with Crippen LogP contribution < -0.4 is 16.0 Å². The Kier molecular flexibility index (Phi) is 34.9. The van der Waals surface area contributed by atoms with E-state index >= 15 is 0 Å². The molecule has 0 fully saturated rings. The number of carbonyl (C=O) groups excluding carboxylic acids is 4. The minimum atomic E-state index is -1.18. The van der Waals surface area contributed by atoms with Crippen molar-refractivity contribution in [3.8, 4) is 0 Å². The standard InChI is InChI=1S/C36H65N3O14/c1-30(40)28-52-26-24-50-22-21-49-19-17-38-34(43)29-53-27-25-51-23-20-48-18-16-37-32(41)15-14-31(36(46)47)39-33(42)12-10-8-6-4-2-3-5-7-9-11-13-35(44)45/h31H,2-29H2,1H3,(H,37,41)(H,38,43)(H,39,42)(H,44,45)(H,46,47). The fraction of sp³-hybridized carbons (Fsp3) is 0.833. The number of Topliss-reactive ketones (excluding diaryl/α,β-unsaturated/α-hetero) is 1. The SMILES string of the molecule is CC(=O)COCCOCCOCCNC(=O)COCCOCCOCCNC(=O)CCC(NC(=O)CCCCCCCCCCCCC(=O)O)C(=O)O. The zero-order chi connectivity index (χ0) is 39.2. The van der Waals surface area contributed by atoms with Gasteiger partial charge >= 0.3 is 11.9 Å². The fourth-order valence-electron chi connectivity index (χ4n) is 4.70. The molecule has 0 radical (unpaired) electrons. The molecule has 0 rings (SSSR count). The summed E-state index contributed by atoms with van der Waals surface area (Å²) in [6, 6.07) is -1.13. The van der Waals surface area contributed by atoms with Crippen molar-refractivity contribution in [3.63, 3.8) is 0 Å². The molecule has 0 saturated heterocycles. The van der Waals surface area contributed by atoms with Crippen molar-refractivity contribution < 1.29 is 67.4 Å². The quantitative estimate of drug-likeness (QED) is 0.0562. The molecule has 0 saturated carbocycles. The number of amides is 3. The monoisotopic (exact) mass is 763 g/mol. The summed E-state index contributed by atoms with van der Waals surface area (Å²) < 4.78 is 31.8. The van der Waals surface area contributed by atoms with E-state index in [4.69, 9.17) is 33.5 Å². The molecule has 0 aliphatic rings. The van der Waals surface area contributed by atoms with Crippen molar-refractivity contribution in [1.29, 1.82) is 0 Å². The maximum Gasteiger partial charge on any atom is 0.326 e. The molecule has 17 heteroatoms. The Morgan fingerprint density at radius 1 is 0.472 bits per heavy atom. The van der Waals surface area contributed by atoms with Gasteiger partial charge in [-0.3, -0.25) is 24.0 Å². The summed E-state index contributed by atoms with van der Waals surface area (Å²) in [4.78, 5) is 68.9. The predicted octanol–water partition coefficient (Wildman–Crippen LogP) is 2.02. The Labute approximate surface area is 313 Å². The van der Waals surface area contributed by atoms with Gasteiger partial charge in [-0.05, 0) is 26.2 Å². The van der Waals surface area contributed by atoms with Crippen LogP contribution >= 0.6 is 0 Å². The van der Waals surface area contributed by atoms with Crippen LogP contribution in [0.4, 0.5) is 0 Å². The van der Waals surface area contributed by atoms with E-state index in [2.05, 4.69) is 16.0 Å². The molecule has 0 heterocycles. The molecule has 0 spiro atoms.